The minimum atomic E-state index is -0.227. The maximum atomic E-state index is 11.8. The van der Waals surface area contributed by atoms with Crippen LogP contribution in [0.3, 0.4) is 0 Å². The van der Waals surface area contributed by atoms with Crippen LogP contribution < -0.4 is 24.3 Å². The number of para-hydroxylation sites is 2. The second-order valence-corrected chi connectivity index (χ2v) is 4.82. The van der Waals surface area contributed by atoms with E-state index in [1.54, 1.807) is 32.4 Å². The summed E-state index contributed by atoms with van der Waals surface area (Å²) in [6.45, 7) is 0.651. The predicted molar refractivity (Wildman–Crippen MR) is 90.0 cm³/mol. The van der Waals surface area contributed by atoms with Crippen molar-refractivity contribution >= 4 is 5.91 Å². The molecule has 0 saturated carbocycles. The van der Waals surface area contributed by atoms with Crippen molar-refractivity contribution in [2.45, 2.75) is 0 Å². The molecule has 0 fully saturated rings. The SMILES string of the molecule is COc1cccc(OCCNC(=O)COc2ccccc2OC)c1. The molecule has 0 aliphatic heterocycles. The summed E-state index contributed by atoms with van der Waals surface area (Å²) < 4.78 is 21.3. The van der Waals surface area contributed by atoms with E-state index in [9.17, 15) is 4.79 Å². The summed E-state index contributed by atoms with van der Waals surface area (Å²) in [4.78, 5) is 11.8. The van der Waals surface area contributed by atoms with Crippen molar-refractivity contribution in [2.75, 3.05) is 34.0 Å². The van der Waals surface area contributed by atoms with E-state index in [0.29, 0.717) is 30.4 Å². The Balaban J connectivity index is 1.68. The van der Waals surface area contributed by atoms with E-state index >= 15 is 0 Å². The van der Waals surface area contributed by atoms with Crippen molar-refractivity contribution in [1.82, 2.24) is 5.32 Å². The third-order valence-corrected chi connectivity index (χ3v) is 3.16. The predicted octanol–water partition coefficient (Wildman–Crippen LogP) is 2.28. The Labute approximate surface area is 141 Å². The van der Waals surface area contributed by atoms with Gasteiger partial charge in [0.15, 0.2) is 18.1 Å². The van der Waals surface area contributed by atoms with Crippen molar-refractivity contribution < 1.29 is 23.7 Å². The molecule has 0 saturated heterocycles. The van der Waals surface area contributed by atoms with Crippen LogP contribution in [0.4, 0.5) is 0 Å². The van der Waals surface area contributed by atoms with Crippen molar-refractivity contribution in [2.24, 2.45) is 0 Å². The first-order valence-corrected chi connectivity index (χ1v) is 7.52. The normalized spacial score (nSPS) is 9.92. The summed E-state index contributed by atoms with van der Waals surface area (Å²) >= 11 is 0. The molecule has 1 amide bonds. The number of methoxy groups -OCH3 is 2. The fourth-order valence-electron chi connectivity index (χ4n) is 1.98. The first-order valence-electron chi connectivity index (χ1n) is 7.52. The molecular weight excluding hydrogens is 310 g/mol. The topological polar surface area (TPSA) is 66.0 Å². The molecule has 1 N–H and O–H groups in total. The van der Waals surface area contributed by atoms with Gasteiger partial charge in [0.1, 0.15) is 18.1 Å². The highest BCUT2D eigenvalue weighted by Gasteiger charge is 2.06. The minimum Gasteiger partial charge on any atom is -0.497 e. The summed E-state index contributed by atoms with van der Waals surface area (Å²) in [7, 11) is 3.15. The van der Waals surface area contributed by atoms with Gasteiger partial charge >= 0.3 is 0 Å². The van der Waals surface area contributed by atoms with Crippen LogP contribution in [-0.4, -0.2) is 39.9 Å². The van der Waals surface area contributed by atoms with Crippen molar-refractivity contribution in [1.29, 1.82) is 0 Å². The van der Waals surface area contributed by atoms with E-state index in [1.807, 2.05) is 30.3 Å². The van der Waals surface area contributed by atoms with E-state index in [0.717, 1.165) is 5.75 Å². The Kier molecular flexibility index (Phi) is 6.76. The van der Waals surface area contributed by atoms with Gasteiger partial charge < -0.3 is 24.3 Å². The minimum absolute atomic E-state index is 0.0838. The second kappa shape index (κ2) is 9.29. The molecule has 0 aromatic heterocycles. The molecule has 0 radical (unpaired) electrons. The zero-order valence-corrected chi connectivity index (χ0v) is 13.8. The number of rotatable bonds is 9. The highest BCUT2D eigenvalue weighted by Crippen LogP contribution is 2.25. The van der Waals surface area contributed by atoms with Crippen molar-refractivity contribution in [3.05, 3.63) is 48.5 Å². The van der Waals surface area contributed by atoms with Crippen LogP contribution >= 0.6 is 0 Å². The summed E-state index contributed by atoms with van der Waals surface area (Å²) in [5.41, 5.74) is 0. The van der Waals surface area contributed by atoms with Crippen LogP contribution in [-0.2, 0) is 4.79 Å². The molecule has 2 aromatic rings. The monoisotopic (exact) mass is 331 g/mol. The number of hydrogen-bond donors (Lipinski definition) is 1. The number of amides is 1. The van der Waals surface area contributed by atoms with E-state index in [-0.39, 0.29) is 12.5 Å². The largest absolute Gasteiger partial charge is 0.497 e. The van der Waals surface area contributed by atoms with Crippen molar-refractivity contribution in [3.8, 4) is 23.0 Å². The van der Waals surface area contributed by atoms with Gasteiger partial charge in [-0.1, -0.05) is 18.2 Å². The first kappa shape index (κ1) is 17.5. The maximum Gasteiger partial charge on any atom is 0.258 e. The van der Waals surface area contributed by atoms with Crippen molar-refractivity contribution in [3.63, 3.8) is 0 Å². The molecule has 2 rings (SSSR count). The molecular formula is C18H21NO5. The molecule has 0 unspecified atom stereocenters. The quantitative estimate of drug-likeness (QED) is 0.714. The molecule has 0 aliphatic carbocycles. The van der Waals surface area contributed by atoms with Gasteiger partial charge in [0.25, 0.3) is 5.91 Å². The fourth-order valence-corrected chi connectivity index (χ4v) is 1.98. The Morgan fingerprint density at radius 1 is 0.917 bits per heavy atom. The number of benzene rings is 2. The van der Waals surface area contributed by atoms with Gasteiger partial charge in [-0.3, -0.25) is 4.79 Å². The highest BCUT2D eigenvalue weighted by atomic mass is 16.5. The number of carbonyl (C=O) groups is 1. The summed E-state index contributed by atoms with van der Waals surface area (Å²) in [5.74, 6) is 2.31. The van der Waals surface area contributed by atoms with Gasteiger partial charge in [-0.15, -0.1) is 0 Å². The van der Waals surface area contributed by atoms with Crippen LogP contribution in [0.2, 0.25) is 0 Å². The molecule has 0 atom stereocenters. The van der Waals surface area contributed by atoms with Crippen LogP contribution in [0.5, 0.6) is 23.0 Å². The van der Waals surface area contributed by atoms with Crippen LogP contribution in [0.25, 0.3) is 0 Å². The molecule has 0 bridgehead atoms. The standard InChI is InChI=1S/C18H21NO5/c1-21-14-6-5-7-15(12-14)23-11-10-19-18(20)13-24-17-9-4-3-8-16(17)22-2/h3-9,12H,10-11,13H2,1-2H3,(H,19,20). The van der Waals surface area contributed by atoms with Gasteiger partial charge in [0.2, 0.25) is 0 Å². The average Bonchev–Trinajstić information content (AvgIpc) is 2.64. The Morgan fingerprint density at radius 3 is 2.42 bits per heavy atom. The van der Waals surface area contributed by atoms with Gasteiger partial charge in [0.05, 0.1) is 20.8 Å². The van der Waals surface area contributed by atoms with Gasteiger partial charge in [-0.2, -0.15) is 0 Å². The first-order chi connectivity index (χ1) is 11.7. The third-order valence-electron chi connectivity index (χ3n) is 3.16. The van der Waals surface area contributed by atoms with Gasteiger partial charge in [0, 0.05) is 6.07 Å². The second-order valence-electron chi connectivity index (χ2n) is 4.82. The molecule has 2 aromatic carbocycles. The maximum absolute atomic E-state index is 11.8. The zero-order valence-electron chi connectivity index (χ0n) is 13.8. The van der Waals surface area contributed by atoms with Gasteiger partial charge in [-0.05, 0) is 24.3 Å². The molecule has 0 heterocycles. The lowest BCUT2D eigenvalue weighted by Gasteiger charge is -2.11. The third kappa shape index (κ3) is 5.39. The zero-order chi connectivity index (χ0) is 17.2. The van der Waals surface area contributed by atoms with E-state index in [4.69, 9.17) is 18.9 Å². The lowest BCUT2D eigenvalue weighted by atomic mass is 10.3. The molecule has 6 heteroatoms. The highest BCUT2D eigenvalue weighted by molar-refractivity contribution is 5.77. The number of nitrogens with one attached hydrogen (secondary N) is 1. The number of ether oxygens (including phenoxy) is 4. The smallest absolute Gasteiger partial charge is 0.258 e. The van der Waals surface area contributed by atoms with E-state index in [2.05, 4.69) is 5.32 Å². The molecule has 0 spiro atoms. The Bertz CT molecular complexity index is 659. The number of carbonyl (C=O) groups excluding carboxylic acids is 1. The summed E-state index contributed by atoms with van der Waals surface area (Å²) in [6.07, 6.45) is 0. The molecule has 6 nitrogen and oxygen atoms in total. The van der Waals surface area contributed by atoms with E-state index < -0.39 is 0 Å². The molecule has 24 heavy (non-hydrogen) atoms. The summed E-state index contributed by atoms with van der Waals surface area (Å²) in [6, 6.07) is 14.5. The van der Waals surface area contributed by atoms with Gasteiger partial charge in [-0.25, -0.2) is 0 Å². The van der Waals surface area contributed by atoms with Crippen LogP contribution in [0.15, 0.2) is 48.5 Å². The Morgan fingerprint density at radius 2 is 1.67 bits per heavy atom. The molecule has 128 valence electrons. The fraction of sp³-hybridized carbons (Fsp3) is 0.278. The summed E-state index contributed by atoms with van der Waals surface area (Å²) in [5, 5.41) is 2.73. The van der Waals surface area contributed by atoms with Crippen LogP contribution in [0, 0.1) is 0 Å². The lowest BCUT2D eigenvalue weighted by molar-refractivity contribution is -0.123. The lowest BCUT2D eigenvalue weighted by Crippen LogP contribution is -2.32. The Hall–Kier alpha value is -2.89. The average molecular weight is 331 g/mol. The number of hydrogen-bond acceptors (Lipinski definition) is 5. The van der Waals surface area contributed by atoms with Crippen LogP contribution in [0.1, 0.15) is 0 Å². The van der Waals surface area contributed by atoms with E-state index in [1.165, 1.54) is 0 Å². The molecule has 0 aliphatic rings.